The molecule has 0 spiro atoms. The molecule has 1 fully saturated rings. The first-order valence-electron chi connectivity index (χ1n) is 11.3. The zero-order valence-corrected chi connectivity index (χ0v) is 20.6. The molecule has 7 heteroatoms. The molecule has 4 rings (SSSR count). The van der Waals surface area contributed by atoms with Crippen LogP contribution in [0, 0.1) is 5.92 Å². The second-order valence-corrected chi connectivity index (χ2v) is 9.97. The van der Waals surface area contributed by atoms with Gasteiger partial charge in [0.05, 0.1) is 0 Å². The standard InChI is InChI=1S/C26H29ClN4OS/c1-19-11-13-31(14-12-19)25(32)22-10-6-9-21(15-22)18-33-26-28-23(27)16-24(29-26)30(2)17-20-7-4-3-5-8-20/h3-10,15-16,19H,11-14,17-18H2,1-2H3. The number of carbonyl (C=O) groups is 1. The summed E-state index contributed by atoms with van der Waals surface area (Å²) in [6, 6.07) is 19.9. The smallest absolute Gasteiger partial charge is 0.253 e. The number of hydrogen-bond acceptors (Lipinski definition) is 5. The SMILES string of the molecule is CC1CCN(C(=O)c2cccc(CSc3nc(Cl)cc(N(C)Cc4ccccc4)n3)c2)CC1. The number of hydrogen-bond donors (Lipinski definition) is 0. The maximum Gasteiger partial charge on any atom is 0.253 e. The van der Waals surface area contributed by atoms with Gasteiger partial charge in [-0.15, -0.1) is 0 Å². The van der Waals surface area contributed by atoms with Crippen molar-refractivity contribution in [2.45, 2.75) is 37.2 Å². The Labute approximate surface area is 205 Å². The summed E-state index contributed by atoms with van der Waals surface area (Å²) in [5, 5.41) is 1.05. The van der Waals surface area contributed by atoms with Gasteiger partial charge in [-0.25, -0.2) is 9.97 Å². The minimum Gasteiger partial charge on any atom is -0.355 e. The van der Waals surface area contributed by atoms with Gasteiger partial charge in [0.25, 0.3) is 5.91 Å². The van der Waals surface area contributed by atoms with E-state index in [-0.39, 0.29) is 5.91 Å². The molecule has 172 valence electrons. The molecule has 0 aliphatic carbocycles. The summed E-state index contributed by atoms with van der Waals surface area (Å²) in [6.45, 7) is 4.67. The number of anilines is 1. The quantitative estimate of drug-likeness (QED) is 0.238. The van der Waals surface area contributed by atoms with E-state index in [0.717, 1.165) is 49.4 Å². The van der Waals surface area contributed by atoms with Gasteiger partial charge in [0.2, 0.25) is 0 Å². The highest BCUT2D eigenvalue weighted by atomic mass is 35.5. The van der Waals surface area contributed by atoms with E-state index in [1.54, 1.807) is 6.07 Å². The van der Waals surface area contributed by atoms with Crippen molar-refractivity contribution in [3.8, 4) is 0 Å². The van der Waals surface area contributed by atoms with Crippen molar-refractivity contribution in [3.05, 3.63) is 82.5 Å². The second kappa shape index (κ2) is 11.0. The summed E-state index contributed by atoms with van der Waals surface area (Å²) in [5.41, 5.74) is 3.02. The topological polar surface area (TPSA) is 49.3 Å². The summed E-state index contributed by atoms with van der Waals surface area (Å²) in [6.07, 6.45) is 2.16. The summed E-state index contributed by atoms with van der Waals surface area (Å²) >= 11 is 7.82. The van der Waals surface area contributed by atoms with Crippen LogP contribution in [0.3, 0.4) is 0 Å². The summed E-state index contributed by atoms with van der Waals surface area (Å²) < 4.78 is 0. The van der Waals surface area contributed by atoms with Crippen molar-refractivity contribution in [2.75, 3.05) is 25.0 Å². The highest BCUT2D eigenvalue weighted by Gasteiger charge is 2.21. The van der Waals surface area contributed by atoms with Gasteiger partial charge in [-0.1, -0.05) is 72.8 Å². The van der Waals surface area contributed by atoms with Crippen LogP contribution in [-0.4, -0.2) is 40.9 Å². The summed E-state index contributed by atoms with van der Waals surface area (Å²) in [7, 11) is 2.00. The number of rotatable bonds is 7. The fourth-order valence-corrected chi connectivity index (χ4v) is 4.94. The van der Waals surface area contributed by atoms with Crippen LogP contribution in [0.1, 0.15) is 41.3 Å². The van der Waals surface area contributed by atoms with Crippen LogP contribution < -0.4 is 4.90 Å². The molecule has 33 heavy (non-hydrogen) atoms. The molecular formula is C26H29ClN4OS. The fourth-order valence-electron chi connectivity index (χ4n) is 3.92. The number of carbonyl (C=O) groups excluding carboxylic acids is 1. The molecule has 0 saturated carbocycles. The Hall–Kier alpha value is -2.57. The number of piperidine rings is 1. The molecular weight excluding hydrogens is 452 g/mol. The zero-order valence-electron chi connectivity index (χ0n) is 19.1. The van der Waals surface area contributed by atoms with E-state index in [1.165, 1.54) is 17.3 Å². The van der Waals surface area contributed by atoms with Crippen molar-refractivity contribution in [3.63, 3.8) is 0 Å². The van der Waals surface area contributed by atoms with Crippen molar-refractivity contribution in [1.82, 2.24) is 14.9 Å². The molecule has 2 aromatic carbocycles. The summed E-state index contributed by atoms with van der Waals surface area (Å²) in [5.74, 6) is 2.27. The molecule has 1 saturated heterocycles. The highest BCUT2D eigenvalue weighted by Crippen LogP contribution is 2.26. The van der Waals surface area contributed by atoms with Gasteiger partial charge >= 0.3 is 0 Å². The van der Waals surface area contributed by atoms with E-state index in [9.17, 15) is 4.79 Å². The van der Waals surface area contributed by atoms with Crippen LogP contribution in [0.2, 0.25) is 5.15 Å². The lowest BCUT2D eigenvalue weighted by atomic mass is 9.98. The molecule has 1 amide bonds. The Morgan fingerprint density at radius 3 is 2.55 bits per heavy atom. The molecule has 2 heterocycles. The van der Waals surface area contributed by atoms with E-state index >= 15 is 0 Å². The van der Waals surface area contributed by atoms with Gasteiger partial charge in [-0.2, -0.15) is 0 Å². The van der Waals surface area contributed by atoms with Gasteiger partial charge in [0.15, 0.2) is 5.16 Å². The molecule has 1 aliphatic heterocycles. The van der Waals surface area contributed by atoms with Gasteiger partial charge < -0.3 is 9.80 Å². The third-order valence-electron chi connectivity index (χ3n) is 5.93. The molecule has 0 radical (unpaired) electrons. The van der Waals surface area contributed by atoms with Crippen molar-refractivity contribution in [1.29, 1.82) is 0 Å². The number of thioether (sulfide) groups is 1. The number of halogens is 1. The lowest BCUT2D eigenvalue weighted by Gasteiger charge is -2.30. The Kier molecular flexibility index (Phi) is 7.89. The van der Waals surface area contributed by atoms with Crippen LogP contribution >= 0.6 is 23.4 Å². The average Bonchev–Trinajstić information content (AvgIpc) is 2.83. The Balaban J connectivity index is 1.41. The molecule has 0 atom stereocenters. The Morgan fingerprint density at radius 1 is 1.06 bits per heavy atom. The first-order chi connectivity index (χ1) is 16.0. The van der Waals surface area contributed by atoms with Crippen LogP contribution in [-0.2, 0) is 12.3 Å². The van der Waals surface area contributed by atoms with Gasteiger partial charge in [-0.05, 0) is 42.0 Å². The Morgan fingerprint density at radius 2 is 1.79 bits per heavy atom. The lowest BCUT2D eigenvalue weighted by molar-refractivity contribution is 0.0697. The van der Waals surface area contributed by atoms with Gasteiger partial charge in [0.1, 0.15) is 11.0 Å². The van der Waals surface area contributed by atoms with Crippen LogP contribution in [0.5, 0.6) is 0 Å². The molecule has 0 bridgehead atoms. The largest absolute Gasteiger partial charge is 0.355 e. The third kappa shape index (κ3) is 6.49. The fraction of sp³-hybridized carbons (Fsp3) is 0.346. The van der Waals surface area contributed by atoms with Crippen molar-refractivity contribution >= 4 is 35.1 Å². The zero-order chi connectivity index (χ0) is 23.2. The first-order valence-corrected chi connectivity index (χ1v) is 12.6. The number of aromatic nitrogens is 2. The van der Waals surface area contributed by atoms with Crippen LogP contribution in [0.15, 0.2) is 65.8 Å². The normalized spacial score (nSPS) is 14.3. The number of benzene rings is 2. The maximum atomic E-state index is 12.9. The predicted octanol–water partition coefficient (Wildman–Crippen LogP) is 5.93. The van der Waals surface area contributed by atoms with E-state index in [1.807, 2.05) is 54.4 Å². The van der Waals surface area contributed by atoms with Crippen molar-refractivity contribution < 1.29 is 4.79 Å². The molecule has 1 aliphatic rings. The van der Waals surface area contributed by atoms with Crippen LogP contribution in [0.25, 0.3) is 0 Å². The predicted molar refractivity (Wildman–Crippen MR) is 136 cm³/mol. The highest BCUT2D eigenvalue weighted by molar-refractivity contribution is 7.98. The lowest BCUT2D eigenvalue weighted by Crippen LogP contribution is -2.37. The Bertz CT molecular complexity index is 1090. The van der Waals surface area contributed by atoms with E-state index in [2.05, 4.69) is 28.9 Å². The number of nitrogens with zero attached hydrogens (tertiary/aromatic N) is 4. The monoisotopic (exact) mass is 480 g/mol. The third-order valence-corrected chi connectivity index (χ3v) is 7.04. The molecule has 3 aromatic rings. The molecule has 0 N–H and O–H groups in total. The minimum absolute atomic E-state index is 0.123. The van der Waals surface area contributed by atoms with Gasteiger partial charge in [0, 0.05) is 44.1 Å². The average molecular weight is 481 g/mol. The molecule has 1 aromatic heterocycles. The van der Waals surface area contributed by atoms with E-state index in [0.29, 0.717) is 22.0 Å². The maximum absolute atomic E-state index is 12.9. The first kappa shape index (κ1) is 23.6. The second-order valence-electron chi connectivity index (χ2n) is 8.64. The number of likely N-dealkylation sites (tertiary alicyclic amines) is 1. The van der Waals surface area contributed by atoms with Gasteiger partial charge in [-0.3, -0.25) is 4.79 Å². The minimum atomic E-state index is 0.123. The number of amides is 1. The molecule has 5 nitrogen and oxygen atoms in total. The summed E-state index contributed by atoms with van der Waals surface area (Å²) in [4.78, 5) is 26.0. The van der Waals surface area contributed by atoms with Crippen LogP contribution in [0.4, 0.5) is 5.82 Å². The van der Waals surface area contributed by atoms with E-state index in [4.69, 9.17) is 16.6 Å². The molecule has 0 unspecified atom stereocenters. The van der Waals surface area contributed by atoms with Crippen molar-refractivity contribution in [2.24, 2.45) is 5.92 Å². The van der Waals surface area contributed by atoms with E-state index < -0.39 is 0 Å².